The molecule has 6 nitrogen and oxygen atoms in total. The van der Waals surface area contributed by atoms with E-state index in [1.807, 2.05) is 6.92 Å². The highest BCUT2D eigenvalue weighted by Gasteiger charge is 2.19. The van der Waals surface area contributed by atoms with Gasteiger partial charge in [-0.25, -0.2) is 0 Å². The van der Waals surface area contributed by atoms with Gasteiger partial charge in [0.2, 0.25) is 0 Å². The predicted octanol–water partition coefficient (Wildman–Crippen LogP) is 1.84. The maximum atomic E-state index is 12.2. The van der Waals surface area contributed by atoms with Crippen LogP contribution in [0.4, 0.5) is 5.69 Å². The summed E-state index contributed by atoms with van der Waals surface area (Å²) in [4.78, 5) is 23.5. The third-order valence-electron chi connectivity index (χ3n) is 2.92. The Hall–Kier alpha value is -2.15. The molecule has 20 heavy (non-hydrogen) atoms. The Labute approximate surface area is 124 Å². The molecule has 1 heterocycles. The molecule has 0 bridgehead atoms. The van der Waals surface area contributed by atoms with Gasteiger partial charge in [0.1, 0.15) is 0 Å². The maximum Gasteiger partial charge on any atom is 0.277 e. The van der Waals surface area contributed by atoms with Crippen molar-refractivity contribution in [2.45, 2.75) is 6.92 Å². The lowest BCUT2D eigenvalue weighted by molar-refractivity contribution is 0.100. The summed E-state index contributed by atoms with van der Waals surface area (Å²) in [5.74, 6) is -1.01. The number of para-hydroxylation sites is 1. The fourth-order valence-electron chi connectivity index (χ4n) is 1.72. The number of amides is 2. The molecule has 0 saturated carbocycles. The molecule has 0 aliphatic heterocycles. The molecule has 0 aliphatic carbocycles. The minimum atomic E-state index is -0.600. The first-order chi connectivity index (χ1) is 9.41. The molecule has 7 heteroatoms. The first kappa shape index (κ1) is 14.3. The number of carbonyl (C=O) groups excluding carboxylic acids is 2. The van der Waals surface area contributed by atoms with Crippen LogP contribution in [0.15, 0.2) is 28.7 Å². The first-order valence-electron chi connectivity index (χ1n) is 5.81. The standard InChI is InChI=1S/C13H13BrN4O2/c1-7-10(14)11(17-18(7)2)13(20)16-9-6-4-3-5-8(9)12(15)19/h3-6H,1-2H3,(H2,15,19)(H,16,20). The fraction of sp³-hybridized carbons (Fsp3) is 0.154. The molecule has 2 rings (SSSR count). The van der Waals surface area contributed by atoms with Gasteiger partial charge in [0.25, 0.3) is 11.8 Å². The Bertz CT molecular complexity index is 694. The van der Waals surface area contributed by atoms with Crippen molar-refractivity contribution in [3.05, 3.63) is 45.7 Å². The highest BCUT2D eigenvalue weighted by atomic mass is 79.9. The lowest BCUT2D eigenvalue weighted by atomic mass is 10.1. The van der Waals surface area contributed by atoms with Crippen LogP contribution >= 0.6 is 15.9 Å². The van der Waals surface area contributed by atoms with E-state index in [1.165, 1.54) is 0 Å². The number of carbonyl (C=O) groups is 2. The number of aryl methyl sites for hydroxylation is 1. The van der Waals surface area contributed by atoms with Crippen molar-refractivity contribution in [2.24, 2.45) is 12.8 Å². The number of halogens is 1. The van der Waals surface area contributed by atoms with E-state index in [1.54, 1.807) is 36.0 Å². The second-order valence-electron chi connectivity index (χ2n) is 4.24. The smallest absolute Gasteiger partial charge is 0.277 e. The zero-order chi connectivity index (χ0) is 14.9. The van der Waals surface area contributed by atoms with Gasteiger partial charge in [-0.2, -0.15) is 5.10 Å². The van der Waals surface area contributed by atoms with Gasteiger partial charge in [0, 0.05) is 7.05 Å². The molecule has 0 atom stereocenters. The van der Waals surface area contributed by atoms with Crippen molar-refractivity contribution in [1.82, 2.24) is 9.78 Å². The molecule has 0 unspecified atom stereocenters. The highest BCUT2D eigenvalue weighted by Crippen LogP contribution is 2.22. The number of nitrogens with two attached hydrogens (primary N) is 1. The average Bonchev–Trinajstić information content (AvgIpc) is 2.67. The molecule has 3 N–H and O–H groups in total. The van der Waals surface area contributed by atoms with Crippen LogP contribution < -0.4 is 11.1 Å². The van der Waals surface area contributed by atoms with Crippen LogP contribution in [-0.4, -0.2) is 21.6 Å². The number of aromatic nitrogens is 2. The zero-order valence-electron chi connectivity index (χ0n) is 11.0. The SMILES string of the molecule is Cc1c(Br)c(C(=O)Nc2ccccc2C(N)=O)nn1C. The summed E-state index contributed by atoms with van der Waals surface area (Å²) in [5, 5.41) is 6.77. The number of rotatable bonds is 3. The van der Waals surface area contributed by atoms with Gasteiger partial charge in [-0.3, -0.25) is 14.3 Å². The van der Waals surface area contributed by atoms with Crippen molar-refractivity contribution in [2.75, 3.05) is 5.32 Å². The minimum Gasteiger partial charge on any atom is -0.366 e. The fourth-order valence-corrected chi connectivity index (χ4v) is 2.23. The van der Waals surface area contributed by atoms with Crippen LogP contribution in [0.2, 0.25) is 0 Å². The second kappa shape index (κ2) is 5.46. The van der Waals surface area contributed by atoms with Crippen LogP contribution in [-0.2, 0) is 7.05 Å². The molecule has 2 amide bonds. The van der Waals surface area contributed by atoms with Gasteiger partial charge in [0.15, 0.2) is 5.69 Å². The average molecular weight is 337 g/mol. The number of hydrogen-bond donors (Lipinski definition) is 2. The zero-order valence-corrected chi connectivity index (χ0v) is 12.6. The highest BCUT2D eigenvalue weighted by molar-refractivity contribution is 9.10. The van der Waals surface area contributed by atoms with E-state index in [-0.39, 0.29) is 11.3 Å². The van der Waals surface area contributed by atoms with Gasteiger partial charge < -0.3 is 11.1 Å². The van der Waals surface area contributed by atoms with E-state index in [4.69, 9.17) is 5.73 Å². The van der Waals surface area contributed by atoms with Crippen LogP contribution in [0, 0.1) is 6.92 Å². The number of anilines is 1. The monoisotopic (exact) mass is 336 g/mol. The third-order valence-corrected chi connectivity index (χ3v) is 3.87. The van der Waals surface area contributed by atoms with E-state index in [0.29, 0.717) is 10.2 Å². The quantitative estimate of drug-likeness (QED) is 0.895. The van der Waals surface area contributed by atoms with Gasteiger partial charge in [0.05, 0.1) is 21.4 Å². The normalized spacial score (nSPS) is 10.3. The summed E-state index contributed by atoms with van der Waals surface area (Å²) < 4.78 is 2.22. The second-order valence-corrected chi connectivity index (χ2v) is 5.03. The molecular formula is C13H13BrN4O2. The molecule has 1 aromatic carbocycles. The summed E-state index contributed by atoms with van der Waals surface area (Å²) in [6.45, 7) is 1.84. The Morgan fingerprint density at radius 2 is 2.00 bits per heavy atom. The van der Waals surface area contributed by atoms with E-state index in [9.17, 15) is 9.59 Å². The van der Waals surface area contributed by atoms with E-state index in [0.717, 1.165) is 5.69 Å². The minimum absolute atomic E-state index is 0.254. The first-order valence-corrected chi connectivity index (χ1v) is 6.60. The van der Waals surface area contributed by atoms with Gasteiger partial charge in [-0.15, -0.1) is 0 Å². The van der Waals surface area contributed by atoms with Gasteiger partial charge in [-0.1, -0.05) is 12.1 Å². The van der Waals surface area contributed by atoms with Crippen LogP contribution in [0.5, 0.6) is 0 Å². The molecule has 104 valence electrons. The van der Waals surface area contributed by atoms with Crippen molar-refractivity contribution >= 4 is 33.4 Å². The van der Waals surface area contributed by atoms with Gasteiger partial charge >= 0.3 is 0 Å². The number of primary amides is 1. The summed E-state index contributed by atoms with van der Waals surface area (Å²) >= 11 is 3.33. The molecule has 0 aliphatic rings. The Kier molecular flexibility index (Phi) is 3.89. The largest absolute Gasteiger partial charge is 0.366 e. The Morgan fingerprint density at radius 3 is 2.55 bits per heavy atom. The summed E-state index contributed by atoms with van der Waals surface area (Å²) in [6, 6.07) is 6.55. The summed E-state index contributed by atoms with van der Waals surface area (Å²) in [7, 11) is 1.74. The predicted molar refractivity (Wildman–Crippen MR) is 78.6 cm³/mol. The van der Waals surface area contributed by atoms with Crippen LogP contribution in [0.3, 0.4) is 0 Å². The molecule has 0 fully saturated rings. The van der Waals surface area contributed by atoms with Crippen LogP contribution in [0.1, 0.15) is 26.5 Å². The molecule has 1 aromatic heterocycles. The number of benzene rings is 1. The number of nitrogens with zero attached hydrogens (tertiary/aromatic N) is 2. The molecule has 0 saturated heterocycles. The Morgan fingerprint density at radius 1 is 1.35 bits per heavy atom. The van der Waals surface area contributed by atoms with Crippen LogP contribution in [0.25, 0.3) is 0 Å². The van der Waals surface area contributed by atoms with Crippen molar-refractivity contribution < 1.29 is 9.59 Å². The van der Waals surface area contributed by atoms with Crippen molar-refractivity contribution in [3.8, 4) is 0 Å². The third kappa shape index (κ3) is 2.57. The lowest BCUT2D eigenvalue weighted by Crippen LogP contribution is -2.19. The van der Waals surface area contributed by atoms with E-state index >= 15 is 0 Å². The summed E-state index contributed by atoms with van der Waals surface area (Å²) in [6.07, 6.45) is 0. The number of nitrogens with one attached hydrogen (secondary N) is 1. The number of hydrogen-bond acceptors (Lipinski definition) is 3. The molecule has 0 radical (unpaired) electrons. The van der Waals surface area contributed by atoms with E-state index < -0.39 is 11.8 Å². The van der Waals surface area contributed by atoms with Crippen molar-refractivity contribution in [1.29, 1.82) is 0 Å². The lowest BCUT2D eigenvalue weighted by Gasteiger charge is -2.07. The molecule has 0 spiro atoms. The molecule has 2 aromatic rings. The maximum absolute atomic E-state index is 12.2. The van der Waals surface area contributed by atoms with Crippen molar-refractivity contribution in [3.63, 3.8) is 0 Å². The summed E-state index contributed by atoms with van der Waals surface area (Å²) in [5.41, 5.74) is 6.97. The Balaban J connectivity index is 2.33. The van der Waals surface area contributed by atoms with E-state index in [2.05, 4.69) is 26.3 Å². The molecular weight excluding hydrogens is 324 g/mol. The van der Waals surface area contributed by atoms with Gasteiger partial charge in [-0.05, 0) is 35.0 Å². The topological polar surface area (TPSA) is 90.0 Å².